The van der Waals surface area contributed by atoms with E-state index in [1.165, 1.54) is 17.1 Å². The van der Waals surface area contributed by atoms with E-state index in [0.717, 1.165) is 22.3 Å². The molecule has 0 aliphatic heterocycles. The third-order valence-electron chi connectivity index (χ3n) is 4.91. The number of carbonyl (C=O) groups is 3. The zero-order chi connectivity index (χ0) is 22.5. The fourth-order valence-corrected chi connectivity index (χ4v) is 3.62. The number of ether oxygens (including phenoxy) is 1. The predicted octanol–water partition coefficient (Wildman–Crippen LogP) is 2.38. The largest absolute Gasteiger partial charge is 0.479 e. The first kappa shape index (κ1) is 21.1. The molecule has 10 nitrogen and oxygen atoms in total. The quantitative estimate of drug-likeness (QED) is 0.462. The van der Waals surface area contributed by atoms with E-state index >= 15 is 0 Å². The van der Waals surface area contributed by atoms with Crippen LogP contribution in [0.1, 0.15) is 17.0 Å². The van der Waals surface area contributed by atoms with Crippen molar-refractivity contribution in [3.8, 4) is 11.1 Å². The van der Waals surface area contributed by atoms with Crippen LogP contribution in [0.25, 0.3) is 11.1 Å². The van der Waals surface area contributed by atoms with Crippen LogP contribution in [0, 0.1) is 0 Å². The predicted molar refractivity (Wildman–Crippen MR) is 113 cm³/mol. The number of fused-ring (bicyclic) bond motifs is 3. The van der Waals surface area contributed by atoms with Crippen molar-refractivity contribution in [3.63, 3.8) is 0 Å². The van der Waals surface area contributed by atoms with Crippen LogP contribution in [-0.2, 0) is 25.7 Å². The summed E-state index contributed by atoms with van der Waals surface area (Å²) in [5.41, 5.74) is 6.85. The van der Waals surface area contributed by atoms with E-state index in [1.807, 2.05) is 41.9 Å². The van der Waals surface area contributed by atoms with Crippen molar-refractivity contribution in [1.82, 2.24) is 15.3 Å². The van der Waals surface area contributed by atoms with Gasteiger partial charge in [0.1, 0.15) is 13.2 Å². The third kappa shape index (κ3) is 4.76. The van der Waals surface area contributed by atoms with E-state index < -0.39 is 24.6 Å². The van der Waals surface area contributed by atoms with E-state index in [4.69, 9.17) is 9.84 Å². The topological polar surface area (TPSA) is 132 Å². The average molecular weight is 436 g/mol. The first-order chi connectivity index (χ1) is 15.5. The summed E-state index contributed by atoms with van der Waals surface area (Å²) < 4.78 is 6.73. The van der Waals surface area contributed by atoms with Gasteiger partial charge in [0, 0.05) is 12.1 Å². The van der Waals surface area contributed by atoms with Crippen molar-refractivity contribution in [3.05, 3.63) is 72.1 Å². The average Bonchev–Trinajstić information content (AvgIpc) is 3.34. The number of carboxylic acids is 1. The Bertz CT molecular complexity index is 1110. The van der Waals surface area contributed by atoms with Gasteiger partial charge >= 0.3 is 12.1 Å². The number of benzene rings is 2. The summed E-state index contributed by atoms with van der Waals surface area (Å²) in [6.45, 7) is -0.692. The van der Waals surface area contributed by atoms with Gasteiger partial charge in [-0.2, -0.15) is 5.10 Å². The monoisotopic (exact) mass is 436 g/mol. The molecular weight excluding hydrogens is 416 g/mol. The number of carbonyl (C=O) groups excluding carboxylic acids is 2. The van der Waals surface area contributed by atoms with E-state index in [1.54, 1.807) is 0 Å². The highest BCUT2D eigenvalue weighted by Gasteiger charge is 2.29. The van der Waals surface area contributed by atoms with Crippen LogP contribution in [0.15, 0.2) is 60.9 Å². The third-order valence-corrected chi connectivity index (χ3v) is 4.91. The number of hydrogen-bond donors (Lipinski definition) is 3. The molecule has 2 amide bonds. The van der Waals surface area contributed by atoms with Crippen molar-refractivity contribution in [2.24, 2.45) is 0 Å². The minimum absolute atomic E-state index is 0.0506. The van der Waals surface area contributed by atoms with E-state index in [2.05, 4.69) is 27.4 Å². The molecule has 32 heavy (non-hydrogen) atoms. The first-order valence-corrected chi connectivity index (χ1v) is 9.78. The number of nitrogens with one attached hydrogen (secondary N) is 2. The smallest absolute Gasteiger partial charge is 0.411 e. The van der Waals surface area contributed by atoms with E-state index in [0.29, 0.717) is 5.69 Å². The van der Waals surface area contributed by atoms with Crippen LogP contribution in [0.5, 0.6) is 0 Å². The highest BCUT2D eigenvalue weighted by molar-refractivity contribution is 5.85. The lowest BCUT2D eigenvalue weighted by Crippen LogP contribution is -2.30. The summed E-state index contributed by atoms with van der Waals surface area (Å²) in [6, 6.07) is 16.1. The standard InChI is InChI=1S/C22H20N4O6/c27-20(25-32-13-21(28)29)11-26-10-14(9-23-26)24-22(30)31-12-19-17-7-3-1-5-15(17)16-6-2-4-8-18(16)19/h1-10,19H,11-13H2,(H,24,30)(H,25,27)(H,28,29). The van der Waals surface area contributed by atoms with Crippen molar-refractivity contribution in [1.29, 1.82) is 0 Å². The van der Waals surface area contributed by atoms with Crippen molar-refractivity contribution in [2.75, 3.05) is 18.5 Å². The summed E-state index contributed by atoms with van der Waals surface area (Å²) in [5, 5.41) is 15.0. The Hall–Kier alpha value is -4.18. The number of anilines is 1. The van der Waals surface area contributed by atoms with Gasteiger partial charge in [-0.05, 0) is 22.3 Å². The molecule has 164 valence electrons. The normalized spacial score (nSPS) is 12.0. The Morgan fingerprint density at radius 1 is 1.03 bits per heavy atom. The number of carboxylic acid groups (broad SMARTS) is 1. The fraction of sp³-hybridized carbons (Fsp3) is 0.182. The second-order valence-corrected chi connectivity index (χ2v) is 7.08. The highest BCUT2D eigenvalue weighted by atomic mass is 16.7. The molecule has 3 N–H and O–H groups in total. The van der Waals surface area contributed by atoms with Crippen LogP contribution in [0.3, 0.4) is 0 Å². The lowest BCUT2D eigenvalue weighted by molar-refractivity contribution is -0.149. The first-order valence-electron chi connectivity index (χ1n) is 9.78. The number of hydroxylamine groups is 1. The van der Waals surface area contributed by atoms with Gasteiger partial charge in [-0.25, -0.2) is 15.1 Å². The van der Waals surface area contributed by atoms with Crippen molar-refractivity contribution in [2.45, 2.75) is 12.5 Å². The van der Waals surface area contributed by atoms with Gasteiger partial charge < -0.3 is 9.84 Å². The van der Waals surface area contributed by atoms with Crippen LogP contribution >= 0.6 is 0 Å². The Morgan fingerprint density at radius 2 is 1.69 bits per heavy atom. The minimum Gasteiger partial charge on any atom is -0.479 e. The van der Waals surface area contributed by atoms with Crippen LogP contribution in [-0.4, -0.2) is 46.1 Å². The molecule has 0 atom stereocenters. The molecule has 0 fully saturated rings. The molecule has 0 saturated carbocycles. The maximum Gasteiger partial charge on any atom is 0.411 e. The lowest BCUT2D eigenvalue weighted by Gasteiger charge is -2.14. The van der Waals surface area contributed by atoms with Crippen molar-refractivity contribution >= 4 is 23.7 Å². The second kappa shape index (κ2) is 9.31. The summed E-state index contributed by atoms with van der Waals surface area (Å²) in [7, 11) is 0. The van der Waals surface area contributed by atoms with Gasteiger partial charge in [-0.15, -0.1) is 0 Å². The van der Waals surface area contributed by atoms with Gasteiger partial charge in [-0.3, -0.25) is 19.6 Å². The number of nitrogens with zero attached hydrogens (tertiary/aromatic N) is 2. The molecule has 0 bridgehead atoms. The minimum atomic E-state index is -1.21. The van der Waals surface area contributed by atoms with Crippen LogP contribution in [0.4, 0.5) is 10.5 Å². The second-order valence-electron chi connectivity index (χ2n) is 7.08. The summed E-state index contributed by atoms with van der Waals surface area (Å²) in [6.07, 6.45) is 2.17. The number of hydrogen-bond acceptors (Lipinski definition) is 6. The lowest BCUT2D eigenvalue weighted by atomic mass is 9.98. The molecule has 1 aromatic heterocycles. The maximum atomic E-state index is 12.3. The molecule has 0 spiro atoms. The van der Waals surface area contributed by atoms with E-state index in [9.17, 15) is 14.4 Å². The zero-order valence-corrected chi connectivity index (χ0v) is 16.9. The molecule has 10 heteroatoms. The van der Waals surface area contributed by atoms with Crippen LogP contribution in [0.2, 0.25) is 0 Å². The molecule has 0 radical (unpaired) electrons. The number of amides is 2. The maximum absolute atomic E-state index is 12.3. The van der Waals surface area contributed by atoms with Crippen molar-refractivity contribution < 1.29 is 29.1 Å². The number of aromatic nitrogens is 2. The molecule has 0 saturated heterocycles. The summed E-state index contributed by atoms with van der Waals surface area (Å²) in [5.74, 6) is -1.86. The summed E-state index contributed by atoms with van der Waals surface area (Å²) >= 11 is 0. The Balaban J connectivity index is 1.31. The van der Waals surface area contributed by atoms with E-state index in [-0.39, 0.29) is 19.1 Å². The SMILES string of the molecule is O=C(O)CONC(=O)Cn1cc(NC(=O)OCC2c3ccccc3-c3ccccc32)cn1. The Kier molecular flexibility index (Phi) is 6.13. The summed E-state index contributed by atoms with van der Waals surface area (Å²) in [4.78, 5) is 38.8. The zero-order valence-electron chi connectivity index (χ0n) is 16.9. The molecule has 1 aliphatic carbocycles. The molecule has 2 aromatic carbocycles. The van der Waals surface area contributed by atoms with Gasteiger partial charge in [-0.1, -0.05) is 48.5 Å². The molecule has 3 aromatic rings. The number of rotatable bonds is 8. The highest BCUT2D eigenvalue weighted by Crippen LogP contribution is 2.44. The fourth-order valence-electron chi connectivity index (χ4n) is 3.62. The molecule has 1 heterocycles. The van der Waals surface area contributed by atoms with Gasteiger partial charge in [0.05, 0.1) is 11.9 Å². The Morgan fingerprint density at radius 3 is 2.34 bits per heavy atom. The molecular formula is C22H20N4O6. The van der Waals surface area contributed by atoms with Gasteiger partial charge in [0.15, 0.2) is 6.61 Å². The molecule has 4 rings (SSSR count). The molecule has 0 unspecified atom stereocenters. The number of aliphatic carboxylic acids is 1. The van der Waals surface area contributed by atoms with Gasteiger partial charge in [0.25, 0.3) is 5.91 Å². The molecule has 1 aliphatic rings. The Labute approximate surface area is 182 Å². The van der Waals surface area contributed by atoms with Gasteiger partial charge in [0.2, 0.25) is 0 Å². The van der Waals surface area contributed by atoms with Crippen LogP contribution < -0.4 is 10.8 Å².